The highest BCUT2D eigenvalue weighted by molar-refractivity contribution is 6.08. The number of carbonyl (C=O) groups is 4. The van der Waals surface area contributed by atoms with Gasteiger partial charge in [-0.1, -0.05) is 32.4 Å². The maximum absolute atomic E-state index is 13.8. The molecule has 1 aromatic heterocycles. The summed E-state index contributed by atoms with van der Waals surface area (Å²) in [4.78, 5) is 54.0. The second-order valence-electron chi connectivity index (χ2n) is 9.42. The lowest BCUT2D eigenvalue weighted by atomic mass is 9.98. The maximum atomic E-state index is 13.8. The Balaban J connectivity index is 1.50. The quantitative estimate of drug-likeness (QED) is 0.265. The summed E-state index contributed by atoms with van der Waals surface area (Å²) >= 11 is 0. The van der Waals surface area contributed by atoms with Crippen molar-refractivity contribution < 1.29 is 33.0 Å². The first-order chi connectivity index (χ1) is 18.8. The third kappa shape index (κ3) is 6.33. The number of ether oxygens (including phenoxy) is 2. The molecule has 0 spiro atoms. The van der Waals surface area contributed by atoms with E-state index in [0.717, 1.165) is 5.56 Å². The van der Waals surface area contributed by atoms with Crippen LogP contribution in [0.5, 0.6) is 5.75 Å². The summed E-state index contributed by atoms with van der Waals surface area (Å²) < 4.78 is 23.1. The van der Waals surface area contributed by atoms with E-state index in [1.54, 1.807) is 19.1 Å². The molecule has 2 aliphatic heterocycles. The summed E-state index contributed by atoms with van der Waals surface area (Å²) in [6.45, 7) is 2.26. The Bertz CT molecular complexity index is 1190. The van der Waals surface area contributed by atoms with Crippen LogP contribution in [-0.4, -0.2) is 83.7 Å². The van der Waals surface area contributed by atoms with Gasteiger partial charge >= 0.3 is 0 Å². The van der Waals surface area contributed by atoms with Crippen molar-refractivity contribution in [3.8, 4) is 5.75 Å². The van der Waals surface area contributed by atoms with Gasteiger partial charge in [0.1, 0.15) is 49.5 Å². The topological polar surface area (TPSA) is 168 Å². The van der Waals surface area contributed by atoms with Crippen LogP contribution in [0.3, 0.4) is 0 Å². The molecule has 3 heterocycles. The summed E-state index contributed by atoms with van der Waals surface area (Å²) in [5.41, 5.74) is 1.80. The Labute approximate surface area is 224 Å². The van der Waals surface area contributed by atoms with Gasteiger partial charge in [-0.05, 0) is 17.5 Å². The Morgan fingerprint density at radius 3 is 2.87 bits per heavy atom. The van der Waals surface area contributed by atoms with E-state index < -0.39 is 55.0 Å². The van der Waals surface area contributed by atoms with Crippen LogP contribution in [0.25, 0.3) is 0 Å². The number of anilines is 1. The van der Waals surface area contributed by atoms with Gasteiger partial charge in [0.15, 0.2) is 0 Å². The first kappa shape index (κ1) is 28.0. The van der Waals surface area contributed by atoms with Crippen molar-refractivity contribution in [2.45, 2.75) is 51.4 Å². The van der Waals surface area contributed by atoms with E-state index in [0.29, 0.717) is 23.6 Å². The molecule has 0 fully saturated rings. The third-order valence-corrected chi connectivity index (χ3v) is 6.78. The zero-order valence-corrected chi connectivity index (χ0v) is 21.7. The SMILES string of the molecule is CC[C@H](C)[C@H](NC(=O)COCCF)C(=O)N[C@H]1COc2cccc3c2N(C1=O)[C@H](C(=O)NCc1cn[nH]n1)C3. The van der Waals surface area contributed by atoms with Crippen LogP contribution in [0, 0.1) is 5.92 Å². The minimum atomic E-state index is -1.12. The molecule has 39 heavy (non-hydrogen) atoms. The van der Waals surface area contributed by atoms with Gasteiger partial charge < -0.3 is 25.4 Å². The highest BCUT2D eigenvalue weighted by Crippen LogP contribution is 2.42. The average molecular weight is 546 g/mol. The number of H-pyrrole nitrogens is 1. The fraction of sp³-hybridized carbons (Fsp3) is 0.520. The summed E-state index contributed by atoms with van der Waals surface area (Å²) in [5.74, 6) is -1.90. The summed E-state index contributed by atoms with van der Waals surface area (Å²) in [6, 6.07) is 2.37. The molecule has 210 valence electrons. The fourth-order valence-electron chi connectivity index (χ4n) is 4.57. The molecular formula is C25H32FN7O6. The van der Waals surface area contributed by atoms with E-state index in [-0.39, 0.29) is 32.1 Å². The van der Waals surface area contributed by atoms with Gasteiger partial charge in [-0.2, -0.15) is 15.4 Å². The molecule has 0 saturated carbocycles. The van der Waals surface area contributed by atoms with Crippen LogP contribution < -0.4 is 25.6 Å². The molecule has 14 heteroatoms. The zero-order valence-electron chi connectivity index (χ0n) is 21.7. The number of alkyl halides is 1. The summed E-state index contributed by atoms with van der Waals surface area (Å²) in [5, 5.41) is 18.2. The van der Waals surface area contributed by atoms with Crippen LogP contribution in [0.2, 0.25) is 0 Å². The van der Waals surface area contributed by atoms with E-state index >= 15 is 0 Å². The van der Waals surface area contributed by atoms with Gasteiger partial charge in [0.05, 0.1) is 25.0 Å². The Morgan fingerprint density at radius 1 is 1.33 bits per heavy atom. The van der Waals surface area contributed by atoms with Gasteiger partial charge in [-0.15, -0.1) is 0 Å². The van der Waals surface area contributed by atoms with Crippen molar-refractivity contribution >= 4 is 29.3 Å². The molecule has 2 aromatic rings. The van der Waals surface area contributed by atoms with Crippen LogP contribution >= 0.6 is 0 Å². The lowest BCUT2D eigenvalue weighted by Gasteiger charge is -2.29. The molecule has 0 saturated heterocycles. The number of amides is 4. The third-order valence-electron chi connectivity index (χ3n) is 6.78. The standard InChI is InChI=1S/C25H32FN7O6/c1-3-14(2)21(30-20(34)13-38-8-7-26)24(36)29-17-12-39-19-6-4-5-15-9-18(33(22(15)19)25(17)37)23(35)27-10-16-11-28-32-31-16/h4-6,11,14,17-18,21H,3,7-10,12-13H2,1-2H3,(H,27,35)(H,29,36)(H,30,34)(H,28,31,32)/t14-,17-,18-,21-/m0/s1. The van der Waals surface area contributed by atoms with Crippen molar-refractivity contribution in [2.24, 2.45) is 5.92 Å². The van der Waals surface area contributed by atoms with Crippen molar-refractivity contribution in [1.29, 1.82) is 0 Å². The van der Waals surface area contributed by atoms with E-state index in [1.807, 2.05) is 13.0 Å². The van der Waals surface area contributed by atoms with Gasteiger partial charge in [-0.25, -0.2) is 4.39 Å². The number of hydrogen-bond acceptors (Lipinski definition) is 8. The highest BCUT2D eigenvalue weighted by Gasteiger charge is 2.45. The number of aromatic amines is 1. The predicted molar refractivity (Wildman–Crippen MR) is 135 cm³/mol. The minimum absolute atomic E-state index is 0.124. The molecule has 0 aliphatic carbocycles. The second kappa shape index (κ2) is 12.7. The number of hydrogen-bond donors (Lipinski definition) is 4. The van der Waals surface area contributed by atoms with Crippen molar-refractivity contribution in [3.63, 3.8) is 0 Å². The van der Waals surface area contributed by atoms with Crippen LogP contribution in [0.15, 0.2) is 24.4 Å². The molecule has 4 rings (SSSR count). The first-order valence-corrected chi connectivity index (χ1v) is 12.8. The maximum Gasteiger partial charge on any atom is 0.253 e. The molecule has 4 atom stereocenters. The smallest absolute Gasteiger partial charge is 0.253 e. The lowest BCUT2D eigenvalue weighted by Crippen LogP contribution is -2.59. The number of carbonyl (C=O) groups excluding carboxylic acids is 4. The van der Waals surface area contributed by atoms with Gasteiger partial charge in [0.2, 0.25) is 17.7 Å². The Morgan fingerprint density at radius 2 is 2.15 bits per heavy atom. The van der Waals surface area contributed by atoms with E-state index in [9.17, 15) is 23.6 Å². The molecule has 13 nitrogen and oxygen atoms in total. The van der Waals surface area contributed by atoms with Crippen LogP contribution in [-0.2, 0) is 36.9 Å². The lowest BCUT2D eigenvalue weighted by molar-refractivity contribution is -0.134. The van der Waals surface area contributed by atoms with Crippen molar-refractivity contribution in [1.82, 2.24) is 31.4 Å². The Hall–Kier alpha value is -4.07. The first-order valence-electron chi connectivity index (χ1n) is 12.8. The fourth-order valence-corrected chi connectivity index (χ4v) is 4.57. The Kier molecular flexibility index (Phi) is 9.07. The predicted octanol–water partition coefficient (Wildman–Crippen LogP) is -0.227. The number of benzene rings is 1. The molecule has 2 aliphatic rings. The van der Waals surface area contributed by atoms with E-state index in [2.05, 4.69) is 31.4 Å². The molecular weight excluding hydrogens is 513 g/mol. The number of rotatable bonds is 12. The summed E-state index contributed by atoms with van der Waals surface area (Å²) in [6.07, 6.45) is 2.32. The number of nitrogens with one attached hydrogen (secondary N) is 4. The monoisotopic (exact) mass is 545 g/mol. The number of para-hydroxylation sites is 1. The average Bonchev–Trinajstić information content (AvgIpc) is 3.57. The molecule has 4 N–H and O–H groups in total. The number of nitrogens with zero attached hydrogens (tertiary/aromatic N) is 3. The largest absolute Gasteiger partial charge is 0.489 e. The highest BCUT2D eigenvalue weighted by atomic mass is 19.1. The molecule has 0 bridgehead atoms. The van der Waals surface area contributed by atoms with E-state index in [1.165, 1.54) is 11.1 Å². The normalized spacial score (nSPS) is 19.4. The zero-order chi connectivity index (χ0) is 27.9. The van der Waals surface area contributed by atoms with Crippen molar-refractivity contribution in [2.75, 3.05) is 31.4 Å². The van der Waals surface area contributed by atoms with Crippen molar-refractivity contribution in [3.05, 3.63) is 35.7 Å². The molecule has 4 amide bonds. The van der Waals surface area contributed by atoms with Gasteiger partial charge in [0, 0.05) is 6.42 Å². The van der Waals surface area contributed by atoms with Crippen LogP contribution in [0.4, 0.5) is 10.1 Å². The molecule has 1 aromatic carbocycles. The molecule has 0 radical (unpaired) electrons. The second-order valence-corrected chi connectivity index (χ2v) is 9.42. The molecule has 0 unspecified atom stereocenters. The summed E-state index contributed by atoms with van der Waals surface area (Å²) in [7, 11) is 0. The van der Waals surface area contributed by atoms with Gasteiger partial charge in [0.25, 0.3) is 5.91 Å². The number of halogens is 1. The van der Waals surface area contributed by atoms with Gasteiger partial charge in [-0.3, -0.25) is 24.1 Å². The van der Waals surface area contributed by atoms with Crippen LogP contribution in [0.1, 0.15) is 31.5 Å². The number of aromatic nitrogens is 3. The van der Waals surface area contributed by atoms with E-state index in [4.69, 9.17) is 9.47 Å². The minimum Gasteiger partial charge on any atom is -0.489 e.